The molecule has 1 aliphatic carbocycles. The van der Waals surface area contributed by atoms with Crippen LogP contribution in [0.25, 0.3) is 0 Å². The summed E-state index contributed by atoms with van der Waals surface area (Å²) in [6, 6.07) is -1.02. The molecule has 0 radical (unpaired) electrons. The minimum absolute atomic E-state index is 0.437. The standard InChI is InChI=1S/C27H42N10O15/c1-9-27(44,7-33-35-10-4-3-5-11(36(45)46)16(10)37(47)48)23(52-24-15(31-2)20(42)17(39)12(6-38)50-24)25(49-9)51-22-14(34-26(29)30)18(40)13(32-8-28)19(41)21(22)43/h3-5,7-9,12-15,17-25,31,35,38-44H,6H2,1-2H3,(H2,28,32)(H4,29,30,34)/b33-7+/t9-,12-,13+,14-,15-,17-,18-,19-,20-,21+,22+,23-,24-,25+,27+/m0/s1. The van der Waals surface area contributed by atoms with Gasteiger partial charge in [-0.2, -0.15) is 5.10 Å². The molecule has 0 amide bonds. The van der Waals surface area contributed by atoms with Crippen LogP contribution in [0.3, 0.4) is 0 Å². The third-order valence-electron chi connectivity index (χ3n) is 8.96. The highest BCUT2D eigenvalue weighted by molar-refractivity contribution is 5.76. The maximum absolute atomic E-state index is 12.1. The summed E-state index contributed by atoms with van der Waals surface area (Å²) in [5, 5.41) is 106. The second kappa shape index (κ2) is 16.6. The first kappa shape index (κ1) is 40.5. The lowest BCUT2D eigenvalue weighted by atomic mass is 9.81. The van der Waals surface area contributed by atoms with E-state index in [-0.39, 0.29) is 0 Å². The molecular formula is C27H42N10O15. The molecule has 290 valence electrons. The number of aliphatic hydroxyl groups excluding tert-OH is 6. The van der Waals surface area contributed by atoms with E-state index in [0.29, 0.717) is 0 Å². The fraction of sp³-hybridized carbons (Fsp3) is 0.667. The molecule has 4 rings (SSSR count). The highest BCUT2D eigenvalue weighted by atomic mass is 16.8. The Hall–Kier alpha value is -4.25. The molecule has 2 aliphatic heterocycles. The summed E-state index contributed by atoms with van der Waals surface area (Å²) < 4.78 is 23.7. The number of nitro benzene ring substituents is 2. The minimum atomic E-state index is -2.43. The zero-order chi connectivity index (χ0) is 38.7. The summed E-state index contributed by atoms with van der Waals surface area (Å²) in [6.45, 7) is 0.537. The number of rotatable bonds is 13. The van der Waals surface area contributed by atoms with E-state index >= 15 is 0 Å². The number of aliphatic imine (C=N–C) groups is 2. The topological polar surface area (TPSA) is 404 Å². The van der Waals surface area contributed by atoms with Crippen LogP contribution in [0.4, 0.5) is 17.1 Å². The number of nitro groups is 2. The molecule has 0 unspecified atom stereocenters. The lowest BCUT2D eigenvalue weighted by Crippen LogP contribution is -2.66. The van der Waals surface area contributed by atoms with Crippen LogP contribution in [0, 0.1) is 20.2 Å². The number of hydrogen-bond acceptors (Lipinski definition) is 20. The van der Waals surface area contributed by atoms with Crippen LogP contribution in [0.1, 0.15) is 6.92 Å². The van der Waals surface area contributed by atoms with Gasteiger partial charge in [-0.3, -0.25) is 30.6 Å². The van der Waals surface area contributed by atoms with Gasteiger partial charge >= 0.3 is 11.4 Å². The first-order chi connectivity index (χ1) is 24.5. The number of nitrogens with zero attached hydrogens (tertiary/aromatic N) is 5. The number of guanidine groups is 1. The van der Waals surface area contributed by atoms with Gasteiger partial charge in [0.25, 0.3) is 0 Å². The van der Waals surface area contributed by atoms with Gasteiger partial charge in [-0.05, 0) is 20.0 Å². The molecule has 0 aromatic heterocycles. The van der Waals surface area contributed by atoms with Crippen LogP contribution in [-0.4, -0.2) is 169 Å². The largest absolute Gasteiger partial charge is 0.394 e. The van der Waals surface area contributed by atoms with Gasteiger partial charge in [0.05, 0.1) is 41.2 Å². The van der Waals surface area contributed by atoms with E-state index in [1.807, 2.05) is 0 Å². The van der Waals surface area contributed by atoms with Crippen molar-refractivity contribution >= 4 is 35.6 Å². The Kier molecular flexibility index (Phi) is 12.9. The van der Waals surface area contributed by atoms with Gasteiger partial charge in [-0.1, -0.05) is 6.07 Å². The number of anilines is 1. The zero-order valence-corrected chi connectivity index (χ0v) is 27.5. The lowest BCUT2D eigenvalue weighted by Gasteiger charge is -2.45. The highest BCUT2D eigenvalue weighted by Gasteiger charge is 2.60. The van der Waals surface area contributed by atoms with Crippen molar-refractivity contribution in [1.82, 2.24) is 5.32 Å². The molecule has 2 heterocycles. The summed E-state index contributed by atoms with van der Waals surface area (Å²) in [4.78, 5) is 28.9. The fourth-order valence-corrected chi connectivity index (χ4v) is 6.21. The van der Waals surface area contributed by atoms with Gasteiger partial charge in [0.1, 0.15) is 66.6 Å². The predicted octanol–water partition coefficient (Wildman–Crippen LogP) is -5.73. The van der Waals surface area contributed by atoms with Crippen molar-refractivity contribution in [2.75, 3.05) is 19.1 Å². The highest BCUT2D eigenvalue weighted by Crippen LogP contribution is 2.39. The van der Waals surface area contributed by atoms with E-state index < -0.39 is 131 Å². The van der Waals surface area contributed by atoms with Crippen molar-refractivity contribution in [3.05, 3.63) is 38.4 Å². The molecule has 25 nitrogen and oxygen atoms in total. The van der Waals surface area contributed by atoms with Crippen LogP contribution in [0.15, 0.2) is 33.3 Å². The van der Waals surface area contributed by atoms with Gasteiger partial charge in [-0.15, -0.1) is 0 Å². The first-order valence-electron chi connectivity index (χ1n) is 15.6. The van der Waals surface area contributed by atoms with Crippen LogP contribution < -0.4 is 27.9 Å². The third-order valence-corrected chi connectivity index (χ3v) is 8.96. The molecule has 1 aromatic carbocycles. The molecule has 1 aromatic rings. The molecule has 3 aliphatic rings. The van der Waals surface area contributed by atoms with Crippen LogP contribution in [0.5, 0.6) is 0 Å². The molecule has 0 bridgehead atoms. The summed E-state index contributed by atoms with van der Waals surface area (Å²) in [6.07, 6.45) is -16.7. The van der Waals surface area contributed by atoms with Crippen LogP contribution in [-0.2, 0) is 18.9 Å². The Morgan fingerprint density at radius 3 is 2.27 bits per heavy atom. The molecule has 52 heavy (non-hydrogen) atoms. The molecule has 15 N–H and O–H groups in total. The molecule has 15 atom stereocenters. The van der Waals surface area contributed by atoms with E-state index in [4.69, 9.17) is 36.1 Å². The van der Waals surface area contributed by atoms with E-state index in [2.05, 4.69) is 25.8 Å². The minimum Gasteiger partial charge on any atom is -0.394 e. The van der Waals surface area contributed by atoms with Gasteiger partial charge < -0.3 is 77.2 Å². The van der Waals surface area contributed by atoms with Gasteiger partial charge in [-0.25, -0.2) is 4.99 Å². The van der Waals surface area contributed by atoms with Crippen molar-refractivity contribution in [3.63, 3.8) is 0 Å². The molecule has 1 saturated carbocycles. The first-order valence-corrected chi connectivity index (χ1v) is 15.6. The van der Waals surface area contributed by atoms with Gasteiger partial charge in [0, 0.05) is 6.07 Å². The Labute approximate surface area is 293 Å². The number of aliphatic hydroxyl groups is 7. The van der Waals surface area contributed by atoms with Gasteiger partial charge in [0.15, 0.2) is 24.1 Å². The Morgan fingerprint density at radius 2 is 1.69 bits per heavy atom. The fourth-order valence-electron chi connectivity index (χ4n) is 6.21. The number of hydrazone groups is 1. The molecule has 0 spiro atoms. The number of hydrogen-bond donors (Lipinski definition) is 12. The third kappa shape index (κ3) is 7.89. The maximum Gasteiger partial charge on any atom is 0.370 e. The van der Waals surface area contributed by atoms with Crippen molar-refractivity contribution < 1.29 is 64.5 Å². The summed E-state index contributed by atoms with van der Waals surface area (Å²) in [7, 11) is 1.38. The Morgan fingerprint density at radius 1 is 1.00 bits per heavy atom. The summed E-state index contributed by atoms with van der Waals surface area (Å²) >= 11 is 0. The molecule has 2 saturated heterocycles. The molecule has 25 heteroatoms. The summed E-state index contributed by atoms with van der Waals surface area (Å²) in [5.41, 5.74) is 14.1. The maximum atomic E-state index is 12.1. The average Bonchev–Trinajstić information content (AvgIpc) is 3.32. The SMILES string of the molecule is CN[C@@H]1[C@H](O[C@H]2[C@@H](O[C@H]3[C@H](O)[C@@H](O)[C@H](N=CN)[C@H](O)[C@@H]3N=C(N)N)O[C@@H](C)[C@]2(O)/C=N/Nc2cccc([N+](=O)[O-])c2[N+](=O)[O-])O[C@@H](CO)[C@H](O)[C@H]1O. The van der Waals surface area contributed by atoms with Crippen molar-refractivity contribution in [2.45, 2.75) is 98.2 Å². The quantitative estimate of drug-likeness (QED) is 0.0387. The number of ether oxygens (including phenoxy) is 4. The van der Waals surface area contributed by atoms with Crippen molar-refractivity contribution in [1.29, 1.82) is 0 Å². The second-order valence-corrected chi connectivity index (χ2v) is 12.1. The lowest BCUT2D eigenvalue weighted by molar-refractivity contribution is -0.421. The van der Waals surface area contributed by atoms with E-state index in [9.17, 15) is 56.0 Å². The van der Waals surface area contributed by atoms with E-state index in [1.165, 1.54) is 14.0 Å². The van der Waals surface area contributed by atoms with Crippen molar-refractivity contribution in [2.24, 2.45) is 32.3 Å². The smallest absolute Gasteiger partial charge is 0.370 e. The average molecular weight is 747 g/mol. The molecular weight excluding hydrogens is 704 g/mol. The van der Waals surface area contributed by atoms with Gasteiger partial charge in [0.2, 0.25) is 0 Å². The van der Waals surface area contributed by atoms with Crippen LogP contribution >= 0.6 is 0 Å². The number of likely N-dealkylation sites (N-methyl/N-ethyl adjacent to an activating group) is 1. The monoisotopic (exact) mass is 746 g/mol. The number of nitrogens with one attached hydrogen (secondary N) is 2. The van der Waals surface area contributed by atoms with E-state index in [0.717, 1.165) is 30.8 Å². The normalized spacial score (nSPS) is 39.5. The van der Waals surface area contributed by atoms with Crippen molar-refractivity contribution in [3.8, 4) is 0 Å². The van der Waals surface area contributed by atoms with Crippen LogP contribution in [0.2, 0.25) is 0 Å². The number of para-hydroxylation sites is 1. The Balaban J connectivity index is 1.76. The second-order valence-electron chi connectivity index (χ2n) is 12.1. The number of benzene rings is 1. The number of nitrogens with two attached hydrogens (primary N) is 3. The Bertz CT molecular complexity index is 1520. The van der Waals surface area contributed by atoms with E-state index in [1.54, 1.807) is 0 Å². The zero-order valence-electron chi connectivity index (χ0n) is 27.5. The molecule has 3 fully saturated rings. The summed E-state index contributed by atoms with van der Waals surface area (Å²) in [5.74, 6) is -0.565. The predicted molar refractivity (Wildman–Crippen MR) is 176 cm³/mol.